The standard InChI is InChI=1S/C20H30FN3O/c1-15(2)8-22-10-17-7-18(25)11-24(17)20(12-22)13-23(14-20)9-16-5-3-4-6-19(16)21/h3-6,15,17-18,25H,7-14H2,1-2H3/t17-,18-/m1/s1. The molecule has 25 heavy (non-hydrogen) atoms. The summed E-state index contributed by atoms with van der Waals surface area (Å²) >= 11 is 0. The second-order valence-electron chi connectivity index (χ2n) is 8.74. The zero-order valence-corrected chi connectivity index (χ0v) is 15.4. The first-order chi connectivity index (χ1) is 11.9. The lowest BCUT2D eigenvalue weighted by molar-refractivity contribution is -0.118. The first kappa shape index (κ1) is 17.4. The third-order valence-electron chi connectivity index (χ3n) is 6.00. The van der Waals surface area contributed by atoms with Crippen molar-refractivity contribution in [3.8, 4) is 0 Å². The quantitative estimate of drug-likeness (QED) is 0.899. The van der Waals surface area contributed by atoms with Gasteiger partial charge in [0.05, 0.1) is 11.6 Å². The van der Waals surface area contributed by atoms with E-state index >= 15 is 0 Å². The molecule has 0 radical (unpaired) electrons. The van der Waals surface area contributed by atoms with Crippen LogP contribution >= 0.6 is 0 Å². The summed E-state index contributed by atoms with van der Waals surface area (Å²) in [5.41, 5.74) is 0.922. The Hall–Kier alpha value is -1.01. The fraction of sp³-hybridized carbons (Fsp3) is 0.700. The third-order valence-corrected chi connectivity index (χ3v) is 6.00. The van der Waals surface area contributed by atoms with E-state index in [0.29, 0.717) is 18.5 Å². The van der Waals surface area contributed by atoms with Crippen LogP contribution < -0.4 is 0 Å². The Labute approximate surface area is 150 Å². The van der Waals surface area contributed by atoms with Crippen molar-refractivity contribution in [3.05, 3.63) is 35.6 Å². The maximum absolute atomic E-state index is 13.9. The molecule has 2 atom stereocenters. The van der Waals surface area contributed by atoms with E-state index < -0.39 is 0 Å². The summed E-state index contributed by atoms with van der Waals surface area (Å²) in [5, 5.41) is 10.2. The third kappa shape index (κ3) is 3.35. The first-order valence-electron chi connectivity index (χ1n) is 9.58. The maximum Gasteiger partial charge on any atom is 0.127 e. The van der Waals surface area contributed by atoms with Crippen LogP contribution in [0.15, 0.2) is 24.3 Å². The fourth-order valence-corrected chi connectivity index (χ4v) is 5.22. The van der Waals surface area contributed by atoms with E-state index in [1.54, 1.807) is 12.1 Å². The molecule has 3 fully saturated rings. The predicted octanol–water partition coefficient (Wildman–Crippen LogP) is 1.79. The van der Waals surface area contributed by atoms with Crippen LogP contribution in [0.4, 0.5) is 4.39 Å². The Morgan fingerprint density at radius 3 is 2.60 bits per heavy atom. The molecular formula is C20H30FN3O. The molecule has 3 aliphatic rings. The van der Waals surface area contributed by atoms with Gasteiger partial charge in [0.25, 0.3) is 0 Å². The van der Waals surface area contributed by atoms with E-state index in [2.05, 4.69) is 28.5 Å². The first-order valence-corrected chi connectivity index (χ1v) is 9.58. The highest BCUT2D eigenvalue weighted by atomic mass is 19.1. The molecular weight excluding hydrogens is 317 g/mol. The number of benzene rings is 1. The Kier molecular flexibility index (Phi) is 4.61. The van der Waals surface area contributed by atoms with Crippen LogP contribution in [0.25, 0.3) is 0 Å². The molecule has 0 bridgehead atoms. The molecule has 138 valence electrons. The molecule has 0 unspecified atom stereocenters. The monoisotopic (exact) mass is 347 g/mol. The minimum atomic E-state index is -0.193. The number of likely N-dealkylation sites (tertiary alicyclic amines) is 1. The lowest BCUT2D eigenvalue weighted by Gasteiger charge is -2.61. The Balaban J connectivity index is 1.45. The molecule has 1 N–H and O–H groups in total. The Bertz CT molecular complexity index is 617. The van der Waals surface area contributed by atoms with Gasteiger partial charge in [0.2, 0.25) is 0 Å². The van der Waals surface area contributed by atoms with Crippen LogP contribution in [0.2, 0.25) is 0 Å². The topological polar surface area (TPSA) is 30.0 Å². The van der Waals surface area contributed by atoms with Crippen LogP contribution in [-0.4, -0.2) is 76.8 Å². The number of β-amino-alcohol motifs (C(OH)–C–C–N with tert-alkyl or cyclic N) is 1. The molecule has 5 heteroatoms. The van der Waals surface area contributed by atoms with E-state index in [1.165, 1.54) is 0 Å². The summed E-state index contributed by atoms with van der Waals surface area (Å²) in [6.45, 7) is 11.2. The number of halogens is 1. The molecule has 1 aromatic carbocycles. The van der Waals surface area contributed by atoms with Crippen molar-refractivity contribution in [2.45, 2.75) is 44.5 Å². The molecule has 1 spiro atoms. The van der Waals surface area contributed by atoms with Crippen molar-refractivity contribution >= 4 is 0 Å². The molecule has 4 nitrogen and oxygen atoms in total. The second kappa shape index (κ2) is 6.62. The highest BCUT2D eigenvalue weighted by molar-refractivity contribution is 5.20. The van der Waals surface area contributed by atoms with Gasteiger partial charge < -0.3 is 5.11 Å². The fourth-order valence-electron chi connectivity index (χ4n) is 5.22. The van der Waals surface area contributed by atoms with Crippen molar-refractivity contribution in [2.75, 3.05) is 39.3 Å². The van der Waals surface area contributed by atoms with E-state index in [1.807, 2.05) is 12.1 Å². The average Bonchev–Trinajstić information content (AvgIpc) is 2.88. The Morgan fingerprint density at radius 2 is 1.88 bits per heavy atom. The van der Waals surface area contributed by atoms with Crippen molar-refractivity contribution in [2.24, 2.45) is 5.92 Å². The zero-order chi connectivity index (χ0) is 17.6. The number of hydrogen-bond donors (Lipinski definition) is 1. The van der Waals surface area contributed by atoms with Crippen molar-refractivity contribution in [1.29, 1.82) is 0 Å². The Morgan fingerprint density at radius 1 is 1.16 bits per heavy atom. The number of aliphatic hydroxyl groups is 1. The average molecular weight is 347 g/mol. The summed E-state index contributed by atoms with van der Waals surface area (Å²) in [7, 11) is 0. The van der Waals surface area contributed by atoms with Gasteiger partial charge in [-0.15, -0.1) is 0 Å². The van der Waals surface area contributed by atoms with E-state index in [-0.39, 0.29) is 17.5 Å². The van der Waals surface area contributed by atoms with E-state index in [9.17, 15) is 9.50 Å². The molecule has 1 aromatic rings. The SMILES string of the molecule is CC(C)CN1C[C@H]2C[C@@H](O)CN2C2(C1)CN(Cc1ccccc1F)C2. The molecule has 3 aliphatic heterocycles. The molecule has 0 aromatic heterocycles. The normalized spacial score (nSPS) is 30.0. The van der Waals surface area contributed by atoms with Crippen LogP contribution in [-0.2, 0) is 6.54 Å². The summed E-state index contributed by atoms with van der Waals surface area (Å²) in [4.78, 5) is 7.50. The number of nitrogens with zero attached hydrogens (tertiary/aromatic N) is 3. The van der Waals surface area contributed by atoms with Gasteiger partial charge in [-0.25, -0.2) is 4.39 Å². The molecule has 0 amide bonds. The van der Waals surface area contributed by atoms with Gasteiger partial charge in [0, 0.05) is 57.4 Å². The van der Waals surface area contributed by atoms with Crippen LogP contribution in [0.1, 0.15) is 25.8 Å². The summed E-state index contributed by atoms with van der Waals surface area (Å²) in [6.07, 6.45) is 0.699. The van der Waals surface area contributed by atoms with Crippen LogP contribution in [0.5, 0.6) is 0 Å². The zero-order valence-electron chi connectivity index (χ0n) is 15.4. The van der Waals surface area contributed by atoms with E-state index in [0.717, 1.165) is 51.3 Å². The predicted molar refractivity (Wildman–Crippen MR) is 96.8 cm³/mol. The van der Waals surface area contributed by atoms with Crippen LogP contribution in [0.3, 0.4) is 0 Å². The smallest absolute Gasteiger partial charge is 0.127 e. The molecule has 0 saturated carbocycles. The number of rotatable bonds is 4. The number of fused-ring (bicyclic) bond motifs is 2. The van der Waals surface area contributed by atoms with Gasteiger partial charge in [-0.2, -0.15) is 0 Å². The molecule has 3 saturated heterocycles. The van der Waals surface area contributed by atoms with Gasteiger partial charge >= 0.3 is 0 Å². The highest BCUT2D eigenvalue weighted by Crippen LogP contribution is 2.39. The molecule has 0 aliphatic carbocycles. The van der Waals surface area contributed by atoms with E-state index in [4.69, 9.17) is 0 Å². The lowest BCUT2D eigenvalue weighted by atomic mass is 9.83. The maximum atomic E-state index is 13.9. The lowest BCUT2D eigenvalue weighted by Crippen LogP contribution is -2.77. The van der Waals surface area contributed by atoms with Crippen molar-refractivity contribution in [3.63, 3.8) is 0 Å². The summed E-state index contributed by atoms with van der Waals surface area (Å²) in [6, 6.07) is 7.55. The van der Waals surface area contributed by atoms with Crippen molar-refractivity contribution < 1.29 is 9.50 Å². The molecule has 4 rings (SSSR count). The minimum absolute atomic E-state index is 0.108. The largest absolute Gasteiger partial charge is 0.392 e. The number of hydrogen-bond acceptors (Lipinski definition) is 4. The van der Waals surface area contributed by atoms with Crippen LogP contribution in [0, 0.1) is 11.7 Å². The van der Waals surface area contributed by atoms with Gasteiger partial charge in [0.1, 0.15) is 5.82 Å². The second-order valence-corrected chi connectivity index (χ2v) is 8.74. The summed E-state index contributed by atoms with van der Waals surface area (Å²) < 4.78 is 13.9. The number of piperazine rings is 1. The van der Waals surface area contributed by atoms with Gasteiger partial charge in [-0.1, -0.05) is 32.0 Å². The van der Waals surface area contributed by atoms with Crippen molar-refractivity contribution in [1.82, 2.24) is 14.7 Å². The van der Waals surface area contributed by atoms with Gasteiger partial charge in [-0.05, 0) is 18.4 Å². The minimum Gasteiger partial charge on any atom is -0.392 e. The molecule has 3 heterocycles. The summed E-state index contributed by atoms with van der Waals surface area (Å²) in [5.74, 6) is 0.549. The number of aliphatic hydroxyl groups excluding tert-OH is 1. The van der Waals surface area contributed by atoms with Gasteiger partial charge in [-0.3, -0.25) is 14.7 Å². The highest BCUT2D eigenvalue weighted by Gasteiger charge is 2.55. The van der Waals surface area contributed by atoms with Gasteiger partial charge in [0.15, 0.2) is 0 Å².